The summed E-state index contributed by atoms with van der Waals surface area (Å²) >= 11 is 0. The Bertz CT molecular complexity index is 2680. The molecule has 75 heavy (non-hydrogen) atoms. The Balaban J connectivity index is 1.51. The number of nitrogens with one attached hydrogen (secondary N) is 3. The van der Waals surface area contributed by atoms with Crippen molar-refractivity contribution in [3.63, 3.8) is 0 Å². The van der Waals surface area contributed by atoms with Crippen molar-refractivity contribution in [3.8, 4) is 5.75 Å². The number of fused-ring (bicyclic) bond motifs is 3. The van der Waals surface area contributed by atoms with Crippen LogP contribution in [0.15, 0.2) is 60.8 Å². The summed E-state index contributed by atoms with van der Waals surface area (Å²) in [7, 11) is 2.84. The van der Waals surface area contributed by atoms with Gasteiger partial charge in [0.1, 0.15) is 42.5 Å². The van der Waals surface area contributed by atoms with Gasteiger partial charge >= 0.3 is 5.69 Å². The number of hydrogen-bond acceptors (Lipinski definition) is 12. The van der Waals surface area contributed by atoms with E-state index in [0.717, 1.165) is 27.9 Å². The zero-order valence-electron chi connectivity index (χ0n) is 45.1. The van der Waals surface area contributed by atoms with E-state index in [9.17, 15) is 49.1 Å². The van der Waals surface area contributed by atoms with E-state index in [2.05, 4.69) is 34.4 Å². The number of aromatic nitrogens is 1. The topological polar surface area (TPSA) is 266 Å². The maximum Gasteiger partial charge on any atom is 0.310 e. The maximum absolute atomic E-state index is 15.4. The number of hydrogen-bond donors (Lipinski definition) is 5. The van der Waals surface area contributed by atoms with Crippen molar-refractivity contribution in [2.45, 2.75) is 161 Å². The summed E-state index contributed by atoms with van der Waals surface area (Å²) in [6.45, 7) is 17.0. The highest BCUT2D eigenvalue weighted by atomic mass is 16.6. The summed E-state index contributed by atoms with van der Waals surface area (Å²) < 4.78 is 7.85. The van der Waals surface area contributed by atoms with Gasteiger partial charge in [-0.3, -0.25) is 43.7 Å². The van der Waals surface area contributed by atoms with Crippen molar-refractivity contribution in [2.75, 3.05) is 20.7 Å². The molecule has 6 rings (SSSR count). The molecule has 2 aromatic carbocycles. The molecule has 20 heteroatoms. The van der Waals surface area contributed by atoms with E-state index >= 15 is 4.79 Å². The fourth-order valence-electron chi connectivity index (χ4n) is 10.5. The number of aliphatic hydroxyl groups is 1. The summed E-state index contributed by atoms with van der Waals surface area (Å²) in [5.41, 5.74) is 0.615. The Labute approximate surface area is 438 Å². The molecular weight excluding hydrogens is 965 g/mol. The van der Waals surface area contributed by atoms with Gasteiger partial charge in [-0.15, -0.1) is 0 Å². The van der Waals surface area contributed by atoms with E-state index in [1.807, 2.05) is 58.2 Å². The number of phenolic OH excluding ortho intramolecular Hbond substituents is 1. The zero-order valence-corrected chi connectivity index (χ0v) is 45.1. The van der Waals surface area contributed by atoms with Crippen molar-refractivity contribution in [3.05, 3.63) is 82.1 Å². The second-order valence-corrected chi connectivity index (χ2v) is 22.1. The van der Waals surface area contributed by atoms with Crippen LogP contribution in [0.1, 0.15) is 106 Å². The second kappa shape index (κ2) is 23.9. The summed E-state index contributed by atoms with van der Waals surface area (Å²) in [6, 6.07) is 3.40. The van der Waals surface area contributed by atoms with Crippen molar-refractivity contribution < 1.29 is 53.4 Å². The molecule has 1 aromatic heterocycles. The van der Waals surface area contributed by atoms with Crippen LogP contribution < -0.4 is 16.0 Å². The van der Waals surface area contributed by atoms with Gasteiger partial charge in [0.25, 0.3) is 0 Å². The first-order valence-corrected chi connectivity index (χ1v) is 26.0. The molecule has 6 amide bonds. The Hall–Kier alpha value is -6.67. The number of nitrogens with zero attached hydrogens (tertiary/aromatic N) is 5. The Kier molecular flexibility index (Phi) is 18.4. The van der Waals surface area contributed by atoms with Crippen LogP contribution in [-0.4, -0.2) is 145 Å². The number of phenols is 1. The summed E-state index contributed by atoms with van der Waals surface area (Å²) in [5, 5.41) is 43.3. The lowest BCUT2D eigenvalue weighted by Gasteiger charge is -2.46. The number of Topliss-reactive ketones (excluding diaryl/α,β-unsaturated/α-hetero) is 1. The van der Waals surface area contributed by atoms with Gasteiger partial charge in [0.15, 0.2) is 11.5 Å². The number of amides is 6. The number of benzene rings is 2. The van der Waals surface area contributed by atoms with E-state index in [1.165, 1.54) is 36.9 Å². The van der Waals surface area contributed by atoms with Crippen LogP contribution in [-0.2, 0) is 56.7 Å². The SMILES string of the molecule is C/C=C/C[C@@H]1NC(=O)[C@H](CC(C)C)N2C(=O)[C@H](C[C@H](C)[C@@H]2O)N(C)C(=O)[C@H](C)CC(=O)[C@H](Cc2ccc(O)c([N+](=O)[O-])c2)NC(=O)[C@H](CC(C)C)N(C)C(=O)[C@H](Cc2cn(C(C)(C)[C@H]3CO3)c3ccccc23)NC1=O. The fourth-order valence-corrected chi connectivity index (χ4v) is 10.5. The number of aromatic hydroxyl groups is 1. The van der Waals surface area contributed by atoms with Crippen molar-refractivity contribution in [1.82, 2.24) is 35.2 Å². The minimum absolute atomic E-state index is 0.0186. The molecule has 2 bridgehead atoms. The molecule has 10 atom stereocenters. The minimum atomic E-state index is -1.45. The quantitative estimate of drug-likeness (QED) is 0.0686. The number of ether oxygens (including phenoxy) is 1. The van der Waals surface area contributed by atoms with Gasteiger partial charge in [0.2, 0.25) is 35.4 Å². The molecule has 408 valence electrons. The van der Waals surface area contributed by atoms with Gasteiger partial charge in [0.05, 0.1) is 23.1 Å². The molecule has 4 heterocycles. The molecule has 3 fully saturated rings. The number of nitro benzene ring substituents is 1. The first kappa shape index (κ1) is 57.6. The standard InChI is InChI=1S/C55H76N8O12/c1-12-13-17-37-48(66)58-39(27-35-28-61(55(8,9)47-29-75-47)40-18-15-14-16-36(35)40)53(71)59(10)42(21-30(2)3)49(67)57-38(25-34-19-20-45(64)41(26-34)63(73)74)46(65)24-33(7)51(69)60(11)44-23-32(6)52(70)62(54(44)72)43(22-31(4)5)50(68)56-37/h12-16,18-20,26,28,30-33,37-39,42-44,47,52,64,70H,17,21-25,27,29H2,1-11H3,(H,56,68)(H,57,67)(H,58,66)/b13-12+/t32-,33+,37-,38-,39-,42-,43-,44-,47+,52-/m0/s1. The number of nitro groups is 1. The molecule has 0 unspecified atom stereocenters. The highest BCUT2D eigenvalue weighted by Crippen LogP contribution is 2.37. The van der Waals surface area contributed by atoms with Crippen LogP contribution in [0, 0.1) is 33.8 Å². The number of ketones is 1. The molecule has 0 radical (unpaired) electrons. The van der Waals surface area contributed by atoms with Crippen LogP contribution in [0.4, 0.5) is 5.69 Å². The van der Waals surface area contributed by atoms with Crippen LogP contribution in [0.5, 0.6) is 5.75 Å². The van der Waals surface area contributed by atoms with E-state index in [4.69, 9.17) is 4.74 Å². The molecule has 3 aliphatic heterocycles. The fraction of sp³-hybridized carbons (Fsp3) is 0.582. The van der Waals surface area contributed by atoms with Gasteiger partial charge in [-0.25, -0.2) is 0 Å². The number of para-hydroxylation sites is 1. The highest BCUT2D eigenvalue weighted by molar-refractivity contribution is 5.99. The minimum Gasteiger partial charge on any atom is -0.502 e. The third-order valence-corrected chi connectivity index (χ3v) is 15.0. The number of likely N-dealkylation sites (N-methyl/N-ethyl adjacent to an activating group) is 2. The number of epoxide rings is 1. The molecule has 3 aromatic rings. The van der Waals surface area contributed by atoms with Crippen LogP contribution >= 0.6 is 0 Å². The van der Waals surface area contributed by atoms with Crippen molar-refractivity contribution in [2.24, 2.45) is 23.7 Å². The predicted octanol–water partition coefficient (Wildman–Crippen LogP) is 4.51. The molecular formula is C55H76N8O12. The monoisotopic (exact) mass is 1040 g/mol. The Morgan fingerprint density at radius 3 is 2.07 bits per heavy atom. The van der Waals surface area contributed by atoms with E-state index in [1.54, 1.807) is 26.0 Å². The lowest BCUT2D eigenvalue weighted by atomic mass is 9.88. The number of piperidine rings is 1. The van der Waals surface area contributed by atoms with Crippen molar-refractivity contribution >= 4 is 57.8 Å². The third-order valence-electron chi connectivity index (χ3n) is 15.0. The largest absolute Gasteiger partial charge is 0.502 e. The average molecular weight is 1040 g/mol. The molecule has 0 saturated carbocycles. The third kappa shape index (κ3) is 13.1. The summed E-state index contributed by atoms with van der Waals surface area (Å²) in [5.74, 6) is -7.62. The average Bonchev–Trinajstić information content (AvgIpc) is 4.16. The van der Waals surface area contributed by atoms with Crippen LogP contribution in [0.3, 0.4) is 0 Å². The predicted molar refractivity (Wildman–Crippen MR) is 280 cm³/mol. The zero-order chi connectivity index (χ0) is 55.4. The van der Waals surface area contributed by atoms with Crippen molar-refractivity contribution in [1.29, 1.82) is 0 Å². The number of rotatable bonds is 13. The van der Waals surface area contributed by atoms with Crippen LogP contribution in [0.25, 0.3) is 10.9 Å². The smallest absolute Gasteiger partial charge is 0.310 e. The number of allylic oxidation sites excluding steroid dienone is 1. The second-order valence-electron chi connectivity index (χ2n) is 22.1. The normalized spacial score (nSPS) is 27.2. The number of aliphatic hydroxyl groups excluding tert-OH is 1. The van der Waals surface area contributed by atoms with E-state index < -0.39 is 124 Å². The van der Waals surface area contributed by atoms with E-state index in [-0.39, 0.29) is 62.0 Å². The Morgan fingerprint density at radius 2 is 1.44 bits per heavy atom. The maximum atomic E-state index is 15.4. The highest BCUT2D eigenvalue weighted by Gasteiger charge is 2.48. The number of carbonyl (C=O) groups is 7. The molecule has 0 aliphatic carbocycles. The first-order chi connectivity index (χ1) is 35.3. The summed E-state index contributed by atoms with van der Waals surface area (Å²) in [6.07, 6.45) is 3.08. The molecule has 3 saturated heterocycles. The van der Waals surface area contributed by atoms with Gasteiger partial charge in [-0.2, -0.15) is 0 Å². The van der Waals surface area contributed by atoms with Gasteiger partial charge in [-0.1, -0.05) is 78.0 Å². The first-order valence-electron chi connectivity index (χ1n) is 26.0. The van der Waals surface area contributed by atoms with Gasteiger partial charge < -0.3 is 50.2 Å². The lowest BCUT2D eigenvalue weighted by Crippen LogP contribution is -2.66. The van der Waals surface area contributed by atoms with Gasteiger partial charge in [-0.05, 0) is 88.0 Å². The molecule has 3 aliphatic rings. The lowest BCUT2D eigenvalue weighted by molar-refractivity contribution is -0.385. The Morgan fingerprint density at radius 1 is 0.827 bits per heavy atom. The molecule has 20 nitrogen and oxygen atoms in total. The van der Waals surface area contributed by atoms with Gasteiger partial charge in [0, 0.05) is 61.9 Å². The van der Waals surface area contributed by atoms with Crippen LogP contribution in [0.2, 0.25) is 0 Å². The summed E-state index contributed by atoms with van der Waals surface area (Å²) in [4.78, 5) is 118. The molecule has 0 spiro atoms. The number of carbonyl (C=O) groups excluding carboxylic acids is 7. The molecule has 5 N–H and O–H groups in total. The van der Waals surface area contributed by atoms with E-state index in [0.29, 0.717) is 12.2 Å².